The molecule has 4 rings (SSSR count). The topological polar surface area (TPSA) is 67.2 Å². The number of hydrogen-bond donors (Lipinski definition) is 1. The van der Waals surface area contributed by atoms with Crippen molar-refractivity contribution in [2.75, 3.05) is 18.4 Å². The van der Waals surface area contributed by atoms with Crippen LogP contribution in [0.1, 0.15) is 31.2 Å². The molecule has 1 N–H and O–H groups in total. The number of benzene rings is 1. The van der Waals surface area contributed by atoms with Crippen LogP contribution in [0.2, 0.25) is 0 Å². The quantitative estimate of drug-likeness (QED) is 0.899. The highest BCUT2D eigenvalue weighted by Gasteiger charge is 2.35. The highest BCUT2D eigenvalue weighted by Crippen LogP contribution is 2.32. The van der Waals surface area contributed by atoms with E-state index < -0.39 is 0 Å². The Morgan fingerprint density at radius 1 is 1.04 bits per heavy atom. The lowest BCUT2D eigenvalue weighted by Gasteiger charge is -2.31. The number of anilines is 1. The molecule has 0 atom stereocenters. The molecule has 0 radical (unpaired) electrons. The first-order valence-corrected chi connectivity index (χ1v) is 9.35. The lowest BCUT2D eigenvalue weighted by atomic mass is 9.95. The number of carbonyl (C=O) groups excluding carboxylic acids is 2. The predicted octanol–water partition coefficient (Wildman–Crippen LogP) is 2.52. The summed E-state index contributed by atoms with van der Waals surface area (Å²) in [5.41, 5.74) is 1.89. The molecule has 1 aliphatic heterocycles. The summed E-state index contributed by atoms with van der Waals surface area (Å²) >= 11 is 0. The maximum absolute atomic E-state index is 12.5. The van der Waals surface area contributed by atoms with Gasteiger partial charge < -0.3 is 10.2 Å². The van der Waals surface area contributed by atoms with Crippen molar-refractivity contribution in [2.45, 2.75) is 32.2 Å². The largest absolute Gasteiger partial charge is 0.342 e. The number of nitrogens with zero attached hydrogens (tertiary/aromatic N) is 3. The van der Waals surface area contributed by atoms with E-state index in [4.69, 9.17) is 0 Å². The summed E-state index contributed by atoms with van der Waals surface area (Å²) in [6, 6.07) is 10.1. The molecule has 6 heteroatoms. The highest BCUT2D eigenvalue weighted by molar-refractivity contribution is 5.92. The predicted molar refractivity (Wildman–Crippen MR) is 98.4 cm³/mol. The van der Waals surface area contributed by atoms with Crippen molar-refractivity contribution in [2.24, 2.45) is 11.8 Å². The van der Waals surface area contributed by atoms with E-state index in [2.05, 4.69) is 22.5 Å². The Balaban J connectivity index is 1.28. The first-order valence-electron chi connectivity index (χ1n) is 9.35. The molecule has 1 aromatic carbocycles. The Kier molecular flexibility index (Phi) is 4.73. The van der Waals surface area contributed by atoms with Crippen molar-refractivity contribution < 1.29 is 9.59 Å². The smallest absolute Gasteiger partial charge is 0.227 e. The van der Waals surface area contributed by atoms with Gasteiger partial charge in [-0.1, -0.05) is 30.3 Å². The van der Waals surface area contributed by atoms with E-state index in [0.29, 0.717) is 19.6 Å². The second-order valence-electron chi connectivity index (χ2n) is 7.28. The molecule has 26 heavy (non-hydrogen) atoms. The van der Waals surface area contributed by atoms with Crippen molar-refractivity contribution in [3.05, 3.63) is 48.3 Å². The number of likely N-dealkylation sites (tertiary alicyclic amines) is 1. The minimum absolute atomic E-state index is 0.0304. The number of nitrogens with one attached hydrogen (secondary N) is 1. The van der Waals surface area contributed by atoms with Gasteiger partial charge in [-0.05, 0) is 31.2 Å². The molecule has 2 amide bonds. The Hall–Kier alpha value is -2.63. The number of carbonyl (C=O) groups is 2. The lowest BCUT2D eigenvalue weighted by molar-refractivity contribution is -0.135. The first-order chi connectivity index (χ1) is 12.7. The van der Waals surface area contributed by atoms with E-state index in [9.17, 15) is 9.59 Å². The summed E-state index contributed by atoms with van der Waals surface area (Å²) in [5, 5.41) is 7.29. The van der Waals surface area contributed by atoms with E-state index in [-0.39, 0.29) is 23.7 Å². The Morgan fingerprint density at radius 3 is 2.46 bits per heavy atom. The van der Waals surface area contributed by atoms with Gasteiger partial charge in [0.25, 0.3) is 0 Å². The fraction of sp³-hybridized carbons (Fsp3) is 0.450. The van der Waals surface area contributed by atoms with Crippen LogP contribution in [0.4, 0.5) is 5.69 Å². The summed E-state index contributed by atoms with van der Waals surface area (Å²) in [4.78, 5) is 26.5. The molecule has 2 aromatic rings. The van der Waals surface area contributed by atoms with E-state index in [1.165, 1.54) is 5.56 Å². The van der Waals surface area contributed by atoms with Gasteiger partial charge in [-0.25, -0.2) is 0 Å². The van der Waals surface area contributed by atoms with Crippen LogP contribution in [-0.4, -0.2) is 39.6 Å². The molecule has 1 aliphatic carbocycles. The van der Waals surface area contributed by atoms with Crippen LogP contribution in [0.25, 0.3) is 0 Å². The number of aromatic nitrogens is 2. The molecule has 2 heterocycles. The molecule has 1 aromatic heterocycles. The maximum atomic E-state index is 12.5. The Labute approximate surface area is 153 Å². The molecule has 0 spiro atoms. The van der Waals surface area contributed by atoms with Crippen molar-refractivity contribution in [1.29, 1.82) is 0 Å². The van der Waals surface area contributed by atoms with Crippen molar-refractivity contribution >= 4 is 17.5 Å². The lowest BCUT2D eigenvalue weighted by Crippen LogP contribution is -2.42. The molecule has 1 saturated heterocycles. The standard InChI is InChI=1S/C20H24N4O2/c25-19(16-8-10-23(11-9-16)20(26)17-6-7-17)22-18-12-21-24(14-18)13-15-4-2-1-3-5-15/h1-5,12,14,16-17H,6-11,13H2,(H,22,25). The monoisotopic (exact) mass is 352 g/mol. The fourth-order valence-electron chi connectivity index (χ4n) is 3.48. The zero-order valence-electron chi connectivity index (χ0n) is 14.8. The van der Waals surface area contributed by atoms with E-state index >= 15 is 0 Å². The van der Waals surface area contributed by atoms with Gasteiger partial charge >= 0.3 is 0 Å². The highest BCUT2D eigenvalue weighted by atomic mass is 16.2. The summed E-state index contributed by atoms with van der Waals surface area (Å²) in [7, 11) is 0. The minimum atomic E-state index is -0.0317. The zero-order valence-corrected chi connectivity index (χ0v) is 14.8. The SMILES string of the molecule is O=C(Nc1cnn(Cc2ccccc2)c1)C1CCN(C(=O)C2CC2)CC1. The number of rotatable bonds is 5. The van der Waals surface area contributed by atoms with Gasteiger partial charge in [0, 0.05) is 31.1 Å². The van der Waals surface area contributed by atoms with Crippen molar-refractivity contribution in [3.8, 4) is 0 Å². The average molecular weight is 352 g/mol. The molecule has 136 valence electrons. The zero-order chi connectivity index (χ0) is 17.9. The Morgan fingerprint density at radius 2 is 1.77 bits per heavy atom. The molecule has 2 aliphatic rings. The minimum Gasteiger partial charge on any atom is -0.342 e. The normalized spacial score (nSPS) is 17.9. The van der Waals surface area contributed by atoms with E-state index in [1.54, 1.807) is 6.20 Å². The van der Waals surface area contributed by atoms with Gasteiger partial charge in [-0.2, -0.15) is 5.10 Å². The maximum Gasteiger partial charge on any atom is 0.227 e. The molecule has 2 fully saturated rings. The average Bonchev–Trinajstić information content (AvgIpc) is 3.44. The Bertz CT molecular complexity index is 774. The molecule has 0 unspecified atom stereocenters. The molecule has 6 nitrogen and oxygen atoms in total. The third kappa shape index (κ3) is 3.95. The van der Waals surface area contributed by atoms with Crippen LogP contribution in [0.15, 0.2) is 42.7 Å². The molecule has 0 bridgehead atoms. The van der Waals surface area contributed by atoms with Crippen LogP contribution in [-0.2, 0) is 16.1 Å². The third-order valence-electron chi connectivity index (χ3n) is 5.19. The number of hydrogen-bond acceptors (Lipinski definition) is 3. The van der Waals surface area contributed by atoms with Crippen LogP contribution in [0.5, 0.6) is 0 Å². The summed E-state index contributed by atoms with van der Waals surface area (Å²) in [5.74, 6) is 0.542. The summed E-state index contributed by atoms with van der Waals surface area (Å²) in [6.07, 6.45) is 7.09. The first kappa shape index (κ1) is 16.8. The second-order valence-corrected chi connectivity index (χ2v) is 7.28. The van der Waals surface area contributed by atoms with Crippen molar-refractivity contribution in [1.82, 2.24) is 14.7 Å². The molecular weight excluding hydrogens is 328 g/mol. The second kappa shape index (κ2) is 7.32. The third-order valence-corrected chi connectivity index (χ3v) is 5.19. The van der Waals surface area contributed by atoms with Gasteiger partial charge in [0.1, 0.15) is 0 Å². The van der Waals surface area contributed by atoms with Gasteiger partial charge in [0.05, 0.1) is 18.4 Å². The number of piperidine rings is 1. The van der Waals surface area contributed by atoms with Gasteiger partial charge in [0.15, 0.2) is 0 Å². The molecular formula is C20H24N4O2. The summed E-state index contributed by atoms with van der Waals surface area (Å²) < 4.78 is 1.82. The van der Waals surface area contributed by atoms with Crippen LogP contribution in [0.3, 0.4) is 0 Å². The van der Waals surface area contributed by atoms with Crippen molar-refractivity contribution in [3.63, 3.8) is 0 Å². The number of amides is 2. The van der Waals surface area contributed by atoms with E-state index in [1.807, 2.05) is 34.0 Å². The van der Waals surface area contributed by atoms with Gasteiger partial charge in [0.2, 0.25) is 11.8 Å². The summed E-state index contributed by atoms with van der Waals surface area (Å²) in [6.45, 7) is 2.07. The van der Waals surface area contributed by atoms with Gasteiger partial charge in [-0.15, -0.1) is 0 Å². The van der Waals surface area contributed by atoms with Crippen LogP contribution >= 0.6 is 0 Å². The van der Waals surface area contributed by atoms with Gasteiger partial charge in [-0.3, -0.25) is 14.3 Å². The van der Waals surface area contributed by atoms with E-state index in [0.717, 1.165) is 31.4 Å². The van der Waals surface area contributed by atoms with Crippen LogP contribution in [0, 0.1) is 11.8 Å². The molecule has 1 saturated carbocycles. The van der Waals surface area contributed by atoms with Crippen LogP contribution < -0.4 is 5.32 Å². The fourth-order valence-corrected chi connectivity index (χ4v) is 3.48.